The number of aldehydes is 1. The van der Waals surface area contributed by atoms with Gasteiger partial charge in [-0.3, -0.25) is 14.8 Å². The molecule has 0 unspecified atom stereocenters. The van der Waals surface area contributed by atoms with Crippen LogP contribution < -0.4 is 14.2 Å². The van der Waals surface area contributed by atoms with Gasteiger partial charge in [-0.25, -0.2) is 0 Å². The van der Waals surface area contributed by atoms with Crippen molar-refractivity contribution in [3.8, 4) is 23.0 Å². The molecule has 3 aromatic rings. The fourth-order valence-corrected chi connectivity index (χ4v) is 9.80. The molecule has 2 heterocycles. The zero-order valence-corrected chi connectivity index (χ0v) is 31.9. The van der Waals surface area contributed by atoms with Gasteiger partial charge in [0.05, 0.1) is 41.9 Å². The van der Waals surface area contributed by atoms with Gasteiger partial charge in [0.15, 0.2) is 6.29 Å². The summed E-state index contributed by atoms with van der Waals surface area (Å²) < 4.78 is 26.0. The van der Waals surface area contributed by atoms with Crippen LogP contribution in [-0.2, 0) is 16.0 Å². The number of hydrogen-bond acceptors (Lipinski definition) is 12. The summed E-state index contributed by atoms with van der Waals surface area (Å²) in [7, 11) is 3.11. The van der Waals surface area contributed by atoms with Gasteiger partial charge in [0.2, 0.25) is 5.79 Å². The van der Waals surface area contributed by atoms with Crippen molar-refractivity contribution in [1.29, 1.82) is 0 Å². The molecule has 12 heteroatoms. The number of rotatable bonds is 20. The van der Waals surface area contributed by atoms with E-state index in [-0.39, 0.29) is 48.7 Å². The Morgan fingerprint density at radius 1 is 1.06 bits per heavy atom. The van der Waals surface area contributed by atoms with Crippen LogP contribution in [0.5, 0.6) is 23.0 Å². The number of nitrogens with zero attached hydrogens (tertiary/aromatic N) is 3. The molecule has 1 aliphatic heterocycles. The van der Waals surface area contributed by atoms with E-state index in [0.717, 1.165) is 78.9 Å². The summed E-state index contributed by atoms with van der Waals surface area (Å²) in [6, 6.07) is 11.1. The summed E-state index contributed by atoms with van der Waals surface area (Å²) in [6.07, 6.45) is 16.3. The Morgan fingerprint density at radius 2 is 1.85 bits per heavy atom. The smallest absolute Gasteiger partial charge is 0.230 e. The third kappa shape index (κ3) is 8.52. The second-order valence-electron chi connectivity index (χ2n) is 13.9. The number of allylic oxidation sites excluding steroid dienone is 1. The van der Waals surface area contributed by atoms with Gasteiger partial charge in [-0.1, -0.05) is 30.1 Å². The minimum Gasteiger partial charge on any atom is -0.496 e. The number of oxime groups is 1. The number of fused-ring (bicyclic) bond motifs is 2. The normalized spacial score (nSPS) is 24.8. The first-order valence-electron chi connectivity index (χ1n) is 18.8. The first-order valence-corrected chi connectivity index (χ1v) is 19.8. The van der Waals surface area contributed by atoms with Crippen LogP contribution in [0.3, 0.4) is 0 Å². The molecule has 54 heavy (non-hydrogen) atoms. The number of aromatic nitrogens is 2. The largest absolute Gasteiger partial charge is 0.496 e. The monoisotopic (exact) mass is 757 g/mol. The Bertz CT molecular complexity index is 1790. The molecule has 0 spiro atoms. The van der Waals surface area contributed by atoms with Gasteiger partial charge in [-0.05, 0) is 85.2 Å². The maximum atomic E-state index is 11.8. The molecule has 0 radical (unpaired) electrons. The number of carbonyl (C=O) groups is 1. The molecule has 0 saturated heterocycles. The highest BCUT2D eigenvalue weighted by molar-refractivity contribution is 8.00. The number of aliphatic hydroxyl groups excluding tert-OH is 2. The number of ether oxygens (including phenoxy) is 4. The van der Waals surface area contributed by atoms with E-state index in [1.807, 2.05) is 12.1 Å². The number of aryl methyl sites for hydroxylation is 1. The van der Waals surface area contributed by atoms with Crippen LogP contribution in [0.25, 0.3) is 0 Å². The quantitative estimate of drug-likeness (QED) is 0.0518. The average molecular weight is 758 g/mol. The van der Waals surface area contributed by atoms with E-state index in [2.05, 4.69) is 33.8 Å². The molecule has 1 fully saturated rings. The van der Waals surface area contributed by atoms with Crippen LogP contribution in [0.1, 0.15) is 72.5 Å². The molecule has 6 rings (SSSR count). The van der Waals surface area contributed by atoms with Crippen LogP contribution in [0.2, 0.25) is 0 Å². The number of methoxy groups -OCH3 is 1. The maximum Gasteiger partial charge on any atom is 0.230 e. The predicted octanol–water partition coefficient (Wildman–Crippen LogP) is 7.33. The first-order chi connectivity index (χ1) is 26.5. The van der Waals surface area contributed by atoms with Crippen molar-refractivity contribution in [3.63, 3.8) is 0 Å². The number of unbranched alkanes of at least 4 members (excludes halogenated alkanes) is 2. The Morgan fingerprint density at radius 3 is 2.57 bits per heavy atom. The lowest BCUT2D eigenvalue weighted by molar-refractivity contribution is -0.223. The van der Waals surface area contributed by atoms with Crippen molar-refractivity contribution in [2.75, 3.05) is 39.8 Å². The average Bonchev–Trinajstić information content (AvgIpc) is 3.19. The summed E-state index contributed by atoms with van der Waals surface area (Å²) in [5.74, 6) is 2.00. The lowest BCUT2D eigenvalue weighted by Gasteiger charge is -2.58. The molecular formula is C42H51N3O8S. The zero-order valence-electron chi connectivity index (χ0n) is 31.1. The molecule has 2 aliphatic carbocycles. The van der Waals surface area contributed by atoms with Crippen molar-refractivity contribution >= 4 is 23.8 Å². The number of benzene rings is 2. The highest BCUT2D eigenvalue weighted by Gasteiger charge is 2.64. The minimum atomic E-state index is -1.07. The molecule has 1 aromatic heterocycles. The Kier molecular flexibility index (Phi) is 13.8. The summed E-state index contributed by atoms with van der Waals surface area (Å²) >= 11 is 1.78. The lowest BCUT2D eigenvalue weighted by atomic mass is 9.56. The van der Waals surface area contributed by atoms with E-state index in [1.165, 1.54) is 7.11 Å². The molecule has 3 aliphatic rings. The highest BCUT2D eigenvalue weighted by Crippen LogP contribution is 2.62. The van der Waals surface area contributed by atoms with Crippen molar-refractivity contribution in [1.82, 2.24) is 9.97 Å². The van der Waals surface area contributed by atoms with Crippen LogP contribution in [0.4, 0.5) is 0 Å². The number of aliphatic hydroxyl groups is 2. The molecule has 1 saturated carbocycles. The van der Waals surface area contributed by atoms with E-state index in [4.69, 9.17) is 23.8 Å². The third-order valence-electron chi connectivity index (χ3n) is 10.7. The second-order valence-corrected chi connectivity index (χ2v) is 15.2. The SMILES string of the molecule is C=CCO[C@@]12Oc3ccc(Oc4ccc(OC)c(C=O)c4)cc3[C@H]3[C@H](CCCCO)[C@@H](CCCCO)C=C(C(=NOC)C[C@@H]1SCCc1cnccn1)[C@H]32. The first kappa shape index (κ1) is 39.5. The van der Waals surface area contributed by atoms with Gasteiger partial charge < -0.3 is 34.0 Å². The molecule has 0 amide bonds. The highest BCUT2D eigenvalue weighted by atomic mass is 32.2. The van der Waals surface area contributed by atoms with Gasteiger partial charge in [-0.2, -0.15) is 11.8 Å². The Balaban J connectivity index is 1.49. The topological polar surface area (TPSA) is 142 Å². The summed E-state index contributed by atoms with van der Waals surface area (Å²) in [6.45, 7) is 4.56. The summed E-state index contributed by atoms with van der Waals surface area (Å²) in [4.78, 5) is 26.1. The molecule has 0 bridgehead atoms. The van der Waals surface area contributed by atoms with Crippen LogP contribution in [0, 0.1) is 17.8 Å². The standard InChI is InChI=1S/C42H51N3O8S/c1-4-20-51-42-39(54-21-15-30-26-43-16-17-44-30)25-36(45-50-3)34-23-28(9-5-7-18-46)33(10-6-8-19-47)40(41(34)42)35-24-32(12-14-38(35)53-42)52-31-11-13-37(49-2)29(22-31)27-48/h4,11-14,16-17,22-24,26-28,33,39-41,46-47H,1,5-10,15,18-21,25H2,2-3H3/t28-,33+,39-,40+,41+,42+/m0/s1. The number of thioether (sulfide) groups is 1. The van der Waals surface area contributed by atoms with E-state index >= 15 is 0 Å². The maximum absolute atomic E-state index is 11.8. The third-order valence-corrected chi connectivity index (χ3v) is 12.0. The predicted molar refractivity (Wildman–Crippen MR) is 209 cm³/mol. The van der Waals surface area contributed by atoms with Gasteiger partial charge in [0, 0.05) is 56.1 Å². The number of carbonyl (C=O) groups excluding carboxylic acids is 1. The fourth-order valence-electron chi connectivity index (χ4n) is 8.42. The molecule has 288 valence electrons. The molecule has 2 N–H and O–H groups in total. The van der Waals surface area contributed by atoms with Gasteiger partial charge in [-0.15, -0.1) is 6.58 Å². The molecule has 6 atom stereocenters. The van der Waals surface area contributed by atoms with Gasteiger partial charge >= 0.3 is 0 Å². The van der Waals surface area contributed by atoms with E-state index in [1.54, 1.807) is 61.7 Å². The van der Waals surface area contributed by atoms with Gasteiger partial charge in [0.25, 0.3) is 0 Å². The van der Waals surface area contributed by atoms with Crippen molar-refractivity contribution in [2.24, 2.45) is 22.9 Å². The van der Waals surface area contributed by atoms with E-state index < -0.39 is 5.79 Å². The summed E-state index contributed by atoms with van der Waals surface area (Å²) in [5, 5.41) is 24.1. The minimum absolute atomic E-state index is 0.0771. The molecule has 11 nitrogen and oxygen atoms in total. The summed E-state index contributed by atoms with van der Waals surface area (Å²) in [5.41, 5.74) is 4.26. The Hall–Kier alpha value is -4.23. The van der Waals surface area contributed by atoms with Crippen molar-refractivity contribution < 1.29 is 38.8 Å². The number of hydrogen-bond donors (Lipinski definition) is 2. The van der Waals surface area contributed by atoms with Crippen molar-refractivity contribution in [2.45, 2.75) is 68.3 Å². The van der Waals surface area contributed by atoms with Crippen LogP contribution in [-0.4, -0.2) is 83.0 Å². The molecular weight excluding hydrogens is 707 g/mol. The molecule has 2 aromatic carbocycles. The lowest BCUT2D eigenvalue weighted by Crippen LogP contribution is -2.64. The van der Waals surface area contributed by atoms with Crippen LogP contribution in [0.15, 0.2) is 84.4 Å². The zero-order chi connectivity index (χ0) is 37.9. The second kappa shape index (κ2) is 18.9. The van der Waals surface area contributed by atoms with Gasteiger partial charge in [0.1, 0.15) is 30.1 Å². The van der Waals surface area contributed by atoms with E-state index in [9.17, 15) is 15.0 Å². The fraction of sp³-hybridized carbons (Fsp3) is 0.476. The Labute approximate surface area is 321 Å². The van der Waals surface area contributed by atoms with Crippen LogP contribution >= 0.6 is 11.8 Å². The van der Waals surface area contributed by atoms with Crippen molar-refractivity contribution in [3.05, 3.63) is 96.1 Å². The van der Waals surface area contributed by atoms with E-state index in [0.29, 0.717) is 35.7 Å².